The van der Waals surface area contributed by atoms with Crippen LogP contribution in [0.1, 0.15) is 11.1 Å². The Morgan fingerprint density at radius 3 is 2.75 bits per heavy atom. The van der Waals surface area contributed by atoms with Gasteiger partial charge in [-0.1, -0.05) is 17.7 Å². The minimum atomic E-state index is -3.60. The Labute approximate surface area is 122 Å². The second-order valence-electron chi connectivity index (χ2n) is 4.14. The Hall–Kier alpha value is -1.47. The van der Waals surface area contributed by atoms with E-state index in [4.69, 9.17) is 17.3 Å². The monoisotopic (exact) mass is 311 g/mol. The molecule has 20 heavy (non-hydrogen) atoms. The van der Waals surface area contributed by atoms with Gasteiger partial charge in [0.2, 0.25) is 10.0 Å². The average molecular weight is 312 g/mol. The molecule has 0 aliphatic rings. The number of nitrogens with two attached hydrogens (primary N) is 1. The van der Waals surface area contributed by atoms with E-state index in [1.807, 2.05) is 0 Å². The molecule has 106 valence electrons. The summed E-state index contributed by atoms with van der Waals surface area (Å²) in [6.45, 7) is 0.363. The lowest BCUT2D eigenvalue weighted by Gasteiger charge is -2.09. The van der Waals surface area contributed by atoms with Gasteiger partial charge in [-0.3, -0.25) is 4.98 Å². The number of aromatic nitrogens is 1. The van der Waals surface area contributed by atoms with Gasteiger partial charge in [-0.25, -0.2) is 13.1 Å². The molecule has 2 rings (SSSR count). The van der Waals surface area contributed by atoms with E-state index in [0.717, 1.165) is 5.56 Å². The van der Waals surface area contributed by atoms with Crippen LogP contribution in [0.3, 0.4) is 0 Å². The predicted molar refractivity (Wildman–Crippen MR) is 77.6 cm³/mol. The van der Waals surface area contributed by atoms with E-state index in [-0.39, 0.29) is 18.0 Å². The summed E-state index contributed by atoms with van der Waals surface area (Å²) < 4.78 is 26.8. The van der Waals surface area contributed by atoms with Gasteiger partial charge in [0, 0.05) is 30.5 Å². The number of sulfonamides is 1. The van der Waals surface area contributed by atoms with Gasteiger partial charge in [-0.2, -0.15) is 0 Å². The highest BCUT2D eigenvalue weighted by Crippen LogP contribution is 2.20. The summed E-state index contributed by atoms with van der Waals surface area (Å²) in [5.74, 6) is 0. The summed E-state index contributed by atoms with van der Waals surface area (Å²) in [6, 6.07) is 8.00. The van der Waals surface area contributed by atoms with Gasteiger partial charge in [0.25, 0.3) is 0 Å². The highest BCUT2D eigenvalue weighted by molar-refractivity contribution is 7.89. The summed E-state index contributed by atoms with van der Waals surface area (Å²) in [5.41, 5.74) is 6.89. The average Bonchev–Trinajstić information content (AvgIpc) is 2.46. The SMILES string of the molecule is NCc1cc(S(=O)(=O)NCc2cccnc2)ccc1Cl. The molecule has 1 aromatic heterocycles. The maximum atomic E-state index is 12.2. The molecule has 0 atom stereocenters. The van der Waals surface area contributed by atoms with Crippen LogP contribution in [0.25, 0.3) is 0 Å². The number of pyridine rings is 1. The van der Waals surface area contributed by atoms with Crippen molar-refractivity contribution in [1.29, 1.82) is 0 Å². The fourth-order valence-corrected chi connectivity index (χ4v) is 2.90. The summed E-state index contributed by atoms with van der Waals surface area (Å²) in [7, 11) is -3.60. The molecule has 1 aromatic carbocycles. The first-order chi connectivity index (χ1) is 9.53. The maximum Gasteiger partial charge on any atom is 0.240 e. The zero-order valence-corrected chi connectivity index (χ0v) is 12.2. The van der Waals surface area contributed by atoms with Gasteiger partial charge in [-0.05, 0) is 35.4 Å². The van der Waals surface area contributed by atoms with Crippen molar-refractivity contribution >= 4 is 21.6 Å². The van der Waals surface area contributed by atoms with Crippen molar-refractivity contribution in [3.63, 3.8) is 0 Å². The molecule has 0 radical (unpaired) electrons. The third kappa shape index (κ3) is 3.55. The topological polar surface area (TPSA) is 85.1 Å². The molecule has 3 N–H and O–H groups in total. The van der Waals surface area contributed by atoms with E-state index in [2.05, 4.69) is 9.71 Å². The number of halogens is 1. The number of nitrogens with zero attached hydrogens (tertiary/aromatic N) is 1. The predicted octanol–water partition coefficient (Wildman–Crippen LogP) is 1.67. The largest absolute Gasteiger partial charge is 0.326 e. The zero-order chi connectivity index (χ0) is 14.6. The van der Waals surface area contributed by atoms with Crippen LogP contribution in [-0.4, -0.2) is 13.4 Å². The molecule has 5 nitrogen and oxygen atoms in total. The summed E-state index contributed by atoms with van der Waals surface area (Å²) in [6.07, 6.45) is 3.24. The van der Waals surface area contributed by atoms with Crippen LogP contribution in [0.2, 0.25) is 5.02 Å². The standard InChI is InChI=1S/C13H14ClN3O2S/c14-13-4-3-12(6-11(13)7-15)20(18,19)17-9-10-2-1-5-16-8-10/h1-6,8,17H,7,9,15H2. The van der Waals surface area contributed by atoms with Crippen molar-refractivity contribution < 1.29 is 8.42 Å². The van der Waals surface area contributed by atoms with Crippen molar-refractivity contribution in [2.45, 2.75) is 18.0 Å². The van der Waals surface area contributed by atoms with E-state index < -0.39 is 10.0 Å². The summed E-state index contributed by atoms with van der Waals surface area (Å²) in [5, 5.41) is 0.457. The van der Waals surface area contributed by atoms with Crippen LogP contribution in [0.15, 0.2) is 47.6 Å². The van der Waals surface area contributed by atoms with Crippen molar-refractivity contribution in [2.75, 3.05) is 0 Å². The lowest BCUT2D eigenvalue weighted by Crippen LogP contribution is -2.23. The second-order valence-corrected chi connectivity index (χ2v) is 6.32. The van der Waals surface area contributed by atoms with E-state index in [1.165, 1.54) is 18.2 Å². The van der Waals surface area contributed by atoms with Crippen LogP contribution in [0.5, 0.6) is 0 Å². The normalized spacial score (nSPS) is 11.5. The first-order valence-electron chi connectivity index (χ1n) is 5.90. The van der Waals surface area contributed by atoms with Crippen molar-refractivity contribution in [3.8, 4) is 0 Å². The first-order valence-corrected chi connectivity index (χ1v) is 7.76. The van der Waals surface area contributed by atoms with Gasteiger partial charge in [0.05, 0.1) is 4.90 Å². The second kappa shape index (κ2) is 6.32. The van der Waals surface area contributed by atoms with E-state index >= 15 is 0 Å². The summed E-state index contributed by atoms with van der Waals surface area (Å²) in [4.78, 5) is 4.07. The Bertz CT molecular complexity index is 690. The molecule has 0 fully saturated rings. The third-order valence-electron chi connectivity index (χ3n) is 2.74. The molecule has 0 aliphatic heterocycles. The Balaban J connectivity index is 2.18. The van der Waals surface area contributed by atoms with Crippen LogP contribution >= 0.6 is 11.6 Å². The summed E-state index contributed by atoms with van der Waals surface area (Å²) >= 11 is 5.92. The Morgan fingerprint density at radius 1 is 1.30 bits per heavy atom. The van der Waals surface area contributed by atoms with Gasteiger partial charge in [0.15, 0.2) is 0 Å². The molecular weight excluding hydrogens is 298 g/mol. The number of rotatable bonds is 5. The Kier molecular flexibility index (Phi) is 4.72. The van der Waals surface area contributed by atoms with Gasteiger partial charge in [-0.15, -0.1) is 0 Å². The smallest absolute Gasteiger partial charge is 0.240 e. The highest BCUT2D eigenvalue weighted by Gasteiger charge is 2.15. The van der Waals surface area contributed by atoms with Crippen LogP contribution in [-0.2, 0) is 23.1 Å². The van der Waals surface area contributed by atoms with Crippen LogP contribution in [0, 0.1) is 0 Å². The maximum absolute atomic E-state index is 12.2. The molecule has 7 heteroatoms. The lowest BCUT2D eigenvalue weighted by atomic mass is 10.2. The van der Waals surface area contributed by atoms with Crippen LogP contribution < -0.4 is 10.5 Å². The van der Waals surface area contributed by atoms with E-state index in [0.29, 0.717) is 10.6 Å². The van der Waals surface area contributed by atoms with E-state index in [9.17, 15) is 8.42 Å². The minimum absolute atomic E-state index is 0.145. The fraction of sp³-hybridized carbons (Fsp3) is 0.154. The molecule has 2 aromatic rings. The van der Waals surface area contributed by atoms with Crippen molar-refractivity contribution in [1.82, 2.24) is 9.71 Å². The fourth-order valence-electron chi connectivity index (χ4n) is 1.64. The minimum Gasteiger partial charge on any atom is -0.326 e. The van der Waals surface area contributed by atoms with E-state index in [1.54, 1.807) is 24.5 Å². The molecule has 0 unspecified atom stereocenters. The van der Waals surface area contributed by atoms with Crippen LogP contribution in [0.4, 0.5) is 0 Å². The zero-order valence-electron chi connectivity index (χ0n) is 10.6. The quantitative estimate of drug-likeness (QED) is 0.879. The van der Waals surface area contributed by atoms with Gasteiger partial charge in [0.1, 0.15) is 0 Å². The van der Waals surface area contributed by atoms with Gasteiger partial charge >= 0.3 is 0 Å². The third-order valence-corrected chi connectivity index (χ3v) is 4.50. The van der Waals surface area contributed by atoms with Crippen molar-refractivity contribution in [3.05, 3.63) is 58.9 Å². The number of benzene rings is 1. The molecule has 0 aliphatic carbocycles. The first kappa shape index (κ1) is 14.9. The molecule has 0 amide bonds. The molecule has 0 saturated heterocycles. The number of hydrogen-bond acceptors (Lipinski definition) is 4. The number of hydrogen-bond donors (Lipinski definition) is 2. The van der Waals surface area contributed by atoms with Gasteiger partial charge < -0.3 is 5.73 Å². The molecule has 0 saturated carbocycles. The highest BCUT2D eigenvalue weighted by atomic mass is 35.5. The lowest BCUT2D eigenvalue weighted by molar-refractivity contribution is 0.581. The molecule has 1 heterocycles. The molecule has 0 bridgehead atoms. The Morgan fingerprint density at radius 2 is 2.10 bits per heavy atom. The molecular formula is C13H14ClN3O2S. The number of nitrogens with one attached hydrogen (secondary N) is 1. The van der Waals surface area contributed by atoms with Crippen molar-refractivity contribution in [2.24, 2.45) is 5.73 Å². The molecule has 0 spiro atoms.